The van der Waals surface area contributed by atoms with E-state index in [1.54, 1.807) is 0 Å². The predicted octanol–water partition coefficient (Wildman–Crippen LogP) is 1.23. The van der Waals surface area contributed by atoms with Crippen molar-refractivity contribution in [1.29, 1.82) is 0 Å². The van der Waals surface area contributed by atoms with Gasteiger partial charge in [-0.1, -0.05) is 37.3 Å². The molecular weight excluding hydrogens is 302 g/mol. The third-order valence-corrected chi connectivity index (χ3v) is 4.82. The predicted molar refractivity (Wildman–Crippen MR) is 93.5 cm³/mol. The molecule has 24 heavy (non-hydrogen) atoms. The van der Waals surface area contributed by atoms with Gasteiger partial charge in [0.25, 0.3) is 0 Å². The first kappa shape index (κ1) is 17.1. The monoisotopic (exact) mass is 329 g/mol. The van der Waals surface area contributed by atoms with Gasteiger partial charge in [0, 0.05) is 46.2 Å². The fourth-order valence-corrected chi connectivity index (χ4v) is 3.20. The molecule has 6 nitrogen and oxygen atoms in total. The quantitative estimate of drug-likeness (QED) is 0.864. The molecule has 0 radical (unpaired) electrons. The zero-order valence-corrected chi connectivity index (χ0v) is 14.6. The molecule has 1 N–H and O–H groups in total. The minimum Gasteiger partial charge on any atom is -0.387 e. The van der Waals surface area contributed by atoms with Gasteiger partial charge in [-0.05, 0) is 5.56 Å². The van der Waals surface area contributed by atoms with E-state index in [2.05, 4.69) is 31.5 Å². The fourth-order valence-electron chi connectivity index (χ4n) is 3.20. The first-order chi connectivity index (χ1) is 11.7. The van der Waals surface area contributed by atoms with Crippen molar-refractivity contribution in [2.24, 2.45) is 7.05 Å². The second-order valence-corrected chi connectivity index (χ2v) is 6.45. The number of aliphatic hydroxyl groups is 1. The van der Waals surface area contributed by atoms with Crippen molar-refractivity contribution < 1.29 is 5.11 Å². The second-order valence-electron chi connectivity index (χ2n) is 6.45. The summed E-state index contributed by atoms with van der Waals surface area (Å²) < 4.78 is 2.10. The van der Waals surface area contributed by atoms with E-state index in [4.69, 9.17) is 0 Å². The zero-order chi connectivity index (χ0) is 16.9. The van der Waals surface area contributed by atoms with Gasteiger partial charge in [-0.25, -0.2) is 0 Å². The van der Waals surface area contributed by atoms with Crippen LogP contribution in [0, 0.1) is 0 Å². The summed E-state index contributed by atoms with van der Waals surface area (Å²) in [5, 5.41) is 18.9. The Labute approximate surface area is 143 Å². The van der Waals surface area contributed by atoms with Gasteiger partial charge in [0.2, 0.25) is 0 Å². The van der Waals surface area contributed by atoms with Crippen LogP contribution in [-0.2, 0) is 20.0 Å². The Kier molecular flexibility index (Phi) is 5.60. The molecule has 1 fully saturated rings. The number of aromatic nitrogens is 3. The Morgan fingerprint density at radius 1 is 1.00 bits per heavy atom. The molecule has 1 atom stereocenters. The lowest BCUT2D eigenvalue weighted by Crippen LogP contribution is -2.47. The molecule has 3 rings (SSSR count). The molecular formula is C18H27N5O. The van der Waals surface area contributed by atoms with E-state index in [1.165, 1.54) is 0 Å². The average Bonchev–Trinajstić information content (AvgIpc) is 2.97. The van der Waals surface area contributed by atoms with Crippen LogP contribution in [0.4, 0.5) is 0 Å². The molecule has 130 valence electrons. The molecule has 1 aliphatic heterocycles. The molecule has 1 aliphatic rings. The molecule has 2 aromatic rings. The van der Waals surface area contributed by atoms with Gasteiger partial charge in [-0.2, -0.15) is 0 Å². The third kappa shape index (κ3) is 4.01. The van der Waals surface area contributed by atoms with Gasteiger partial charge in [0.05, 0.1) is 12.6 Å². The first-order valence-electron chi connectivity index (χ1n) is 8.72. The van der Waals surface area contributed by atoms with E-state index in [-0.39, 0.29) is 0 Å². The number of hydrogen-bond acceptors (Lipinski definition) is 5. The van der Waals surface area contributed by atoms with Crippen LogP contribution in [0.15, 0.2) is 30.3 Å². The third-order valence-electron chi connectivity index (χ3n) is 4.82. The highest BCUT2D eigenvalue weighted by atomic mass is 16.3. The van der Waals surface area contributed by atoms with Gasteiger partial charge in [-0.3, -0.25) is 9.80 Å². The molecule has 1 aromatic heterocycles. The van der Waals surface area contributed by atoms with Gasteiger partial charge >= 0.3 is 0 Å². The van der Waals surface area contributed by atoms with E-state index in [1.807, 2.05) is 37.4 Å². The molecule has 1 aromatic carbocycles. The number of nitrogens with zero attached hydrogens (tertiary/aromatic N) is 5. The van der Waals surface area contributed by atoms with E-state index >= 15 is 0 Å². The summed E-state index contributed by atoms with van der Waals surface area (Å²) in [5.41, 5.74) is 0.992. The van der Waals surface area contributed by atoms with Crippen LogP contribution in [0.25, 0.3) is 0 Å². The summed E-state index contributed by atoms with van der Waals surface area (Å²) >= 11 is 0. The van der Waals surface area contributed by atoms with Crippen molar-refractivity contribution in [2.75, 3.05) is 32.7 Å². The van der Waals surface area contributed by atoms with Crippen LogP contribution in [0.3, 0.4) is 0 Å². The van der Waals surface area contributed by atoms with Crippen LogP contribution in [0.1, 0.15) is 30.2 Å². The van der Waals surface area contributed by atoms with E-state index in [0.29, 0.717) is 6.54 Å². The molecule has 0 aliphatic carbocycles. The van der Waals surface area contributed by atoms with Gasteiger partial charge < -0.3 is 9.67 Å². The maximum Gasteiger partial charge on any atom is 0.146 e. The number of hydrogen-bond donors (Lipinski definition) is 1. The maximum absolute atomic E-state index is 10.4. The van der Waals surface area contributed by atoms with Crippen molar-refractivity contribution in [3.8, 4) is 0 Å². The average molecular weight is 329 g/mol. The number of benzene rings is 1. The molecule has 0 saturated carbocycles. The maximum atomic E-state index is 10.4. The normalized spacial score (nSPS) is 18.0. The summed E-state index contributed by atoms with van der Waals surface area (Å²) in [7, 11) is 2.04. The Morgan fingerprint density at radius 2 is 1.62 bits per heavy atom. The van der Waals surface area contributed by atoms with Crippen LogP contribution < -0.4 is 0 Å². The smallest absolute Gasteiger partial charge is 0.146 e. The van der Waals surface area contributed by atoms with Crippen molar-refractivity contribution in [1.82, 2.24) is 24.6 Å². The summed E-state index contributed by atoms with van der Waals surface area (Å²) in [4.78, 5) is 4.75. The zero-order valence-electron chi connectivity index (χ0n) is 14.6. The number of piperazine rings is 1. The molecule has 6 heteroatoms. The van der Waals surface area contributed by atoms with E-state index < -0.39 is 6.10 Å². The Bertz CT molecular complexity index is 634. The lowest BCUT2D eigenvalue weighted by molar-refractivity contribution is 0.0689. The Hall–Kier alpha value is -1.76. The summed E-state index contributed by atoms with van der Waals surface area (Å²) in [5.74, 6) is 2.07. The standard InChI is InChI=1S/C18H27N5O/c1-3-17-19-20-18(21(17)2)14-23-11-9-22(10-12-23)13-16(24)15-7-5-4-6-8-15/h4-8,16,24H,3,9-14H2,1-2H3/t16-/m0/s1. The van der Waals surface area contributed by atoms with Gasteiger partial charge in [0.15, 0.2) is 0 Å². The van der Waals surface area contributed by atoms with Gasteiger partial charge in [0.1, 0.15) is 11.6 Å². The highest BCUT2D eigenvalue weighted by Gasteiger charge is 2.21. The minimum atomic E-state index is -0.413. The van der Waals surface area contributed by atoms with Gasteiger partial charge in [-0.15, -0.1) is 10.2 Å². The topological polar surface area (TPSA) is 57.4 Å². The summed E-state index contributed by atoms with van der Waals surface area (Å²) in [6.45, 7) is 7.58. The molecule has 1 saturated heterocycles. The summed E-state index contributed by atoms with van der Waals surface area (Å²) in [6, 6.07) is 9.90. The van der Waals surface area contributed by atoms with E-state index in [9.17, 15) is 5.11 Å². The lowest BCUT2D eigenvalue weighted by Gasteiger charge is -2.35. The van der Waals surface area contributed by atoms with Crippen LogP contribution in [0.2, 0.25) is 0 Å². The largest absolute Gasteiger partial charge is 0.387 e. The van der Waals surface area contributed by atoms with Crippen molar-refractivity contribution in [3.63, 3.8) is 0 Å². The van der Waals surface area contributed by atoms with Crippen molar-refractivity contribution >= 4 is 0 Å². The molecule has 0 bridgehead atoms. The molecule has 0 spiro atoms. The Balaban J connectivity index is 1.48. The highest BCUT2D eigenvalue weighted by molar-refractivity contribution is 5.17. The van der Waals surface area contributed by atoms with Crippen molar-refractivity contribution in [2.45, 2.75) is 26.0 Å². The minimum absolute atomic E-state index is 0.413. The van der Waals surface area contributed by atoms with Crippen molar-refractivity contribution in [3.05, 3.63) is 47.5 Å². The second kappa shape index (κ2) is 7.88. The fraction of sp³-hybridized carbons (Fsp3) is 0.556. The first-order valence-corrected chi connectivity index (χ1v) is 8.72. The number of aliphatic hydroxyl groups excluding tert-OH is 1. The molecule has 0 amide bonds. The van der Waals surface area contributed by atoms with Crippen LogP contribution in [0.5, 0.6) is 0 Å². The summed E-state index contributed by atoms with van der Waals surface area (Å²) in [6.07, 6.45) is 0.498. The van der Waals surface area contributed by atoms with Crippen LogP contribution in [-0.4, -0.2) is 62.4 Å². The SMILES string of the molecule is CCc1nnc(CN2CCN(C[C@H](O)c3ccccc3)CC2)n1C. The number of rotatable bonds is 6. The number of aryl methyl sites for hydroxylation is 1. The number of β-amino-alcohol motifs (C(OH)–C–C–N with tert-alkyl or cyclic N) is 1. The molecule has 0 unspecified atom stereocenters. The van der Waals surface area contributed by atoms with Crippen LogP contribution >= 0.6 is 0 Å². The van der Waals surface area contributed by atoms with E-state index in [0.717, 1.165) is 56.4 Å². The highest BCUT2D eigenvalue weighted by Crippen LogP contribution is 2.15. The lowest BCUT2D eigenvalue weighted by atomic mass is 10.1. The molecule has 2 heterocycles. The Morgan fingerprint density at radius 3 is 2.25 bits per heavy atom.